The lowest BCUT2D eigenvalue weighted by Crippen LogP contribution is -2.48. The molecule has 7 heteroatoms. The highest BCUT2D eigenvalue weighted by atomic mass is 35.5. The van der Waals surface area contributed by atoms with Crippen LogP contribution >= 0.6 is 12.4 Å². The molecule has 1 aromatic rings. The summed E-state index contributed by atoms with van der Waals surface area (Å²) >= 11 is 0. The van der Waals surface area contributed by atoms with E-state index in [4.69, 9.17) is 13.3 Å². The molecule has 1 aromatic carbocycles. The van der Waals surface area contributed by atoms with Crippen LogP contribution in [0.2, 0.25) is 5.54 Å². The smallest absolute Gasteiger partial charge is 0.377 e. The molecule has 0 bridgehead atoms. The van der Waals surface area contributed by atoms with Gasteiger partial charge in [-0.1, -0.05) is 37.3 Å². The van der Waals surface area contributed by atoms with E-state index in [1.807, 2.05) is 6.07 Å². The van der Waals surface area contributed by atoms with Crippen molar-refractivity contribution in [2.45, 2.75) is 31.9 Å². The van der Waals surface area contributed by atoms with Gasteiger partial charge in [0.25, 0.3) is 0 Å². The van der Waals surface area contributed by atoms with E-state index in [0.29, 0.717) is 5.54 Å². The second kappa shape index (κ2) is 13.0. The molecule has 0 aliphatic heterocycles. The molecule has 0 aliphatic rings. The Hall–Kier alpha value is -0.473. The molecule has 0 spiro atoms. The van der Waals surface area contributed by atoms with Crippen molar-refractivity contribution in [1.82, 2.24) is 11.5 Å². The predicted molar refractivity (Wildman–Crippen MR) is 95.9 cm³/mol. The summed E-state index contributed by atoms with van der Waals surface area (Å²) in [4.78, 5) is 0. The highest BCUT2D eigenvalue weighted by molar-refractivity contribution is 6.62. The lowest BCUT2D eigenvalue weighted by Gasteiger charge is -2.31. The molecule has 4 N–H and O–H groups in total. The molecule has 0 aliphatic carbocycles. The van der Waals surface area contributed by atoms with Crippen LogP contribution in [-0.2, 0) is 19.8 Å². The van der Waals surface area contributed by atoms with Gasteiger partial charge >= 0.3 is 8.80 Å². The Kier molecular flexibility index (Phi) is 14.1. The molecular formula is C15H31ClN2O3Si. The van der Waals surface area contributed by atoms with Gasteiger partial charge in [0.05, 0.1) is 0 Å². The van der Waals surface area contributed by atoms with Gasteiger partial charge in [-0.05, 0) is 24.9 Å². The molecule has 1 unspecified atom stereocenters. The molecular weight excluding hydrogens is 320 g/mol. The average molecular weight is 351 g/mol. The third-order valence-corrected chi connectivity index (χ3v) is 7.09. The quantitative estimate of drug-likeness (QED) is 0.499. The van der Waals surface area contributed by atoms with E-state index in [9.17, 15) is 0 Å². The minimum Gasteiger partial charge on any atom is -0.377 e. The molecule has 1 atom stereocenters. The highest BCUT2D eigenvalue weighted by Gasteiger charge is 2.45. The van der Waals surface area contributed by atoms with Gasteiger partial charge < -0.3 is 24.7 Å². The Labute approximate surface area is 142 Å². The molecule has 22 heavy (non-hydrogen) atoms. The van der Waals surface area contributed by atoms with Gasteiger partial charge in [0.2, 0.25) is 0 Å². The average Bonchev–Trinajstić information content (AvgIpc) is 2.52. The van der Waals surface area contributed by atoms with Gasteiger partial charge in [0.1, 0.15) is 0 Å². The Morgan fingerprint density at radius 3 is 2.05 bits per heavy atom. The number of halogens is 1. The monoisotopic (exact) mass is 350 g/mol. The summed E-state index contributed by atoms with van der Waals surface area (Å²) in [5.74, 6) is 0. The normalized spacial score (nSPS) is 12.2. The molecule has 0 heterocycles. The summed E-state index contributed by atoms with van der Waals surface area (Å²) in [5.41, 5.74) is 1.63. The molecule has 0 aromatic heterocycles. The van der Waals surface area contributed by atoms with Crippen molar-refractivity contribution in [3.05, 3.63) is 35.9 Å². The number of hydrogen-bond acceptors (Lipinski definition) is 5. The maximum absolute atomic E-state index is 5.57. The largest absolute Gasteiger partial charge is 0.503 e. The van der Waals surface area contributed by atoms with Crippen LogP contribution in [0.5, 0.6) is 0 Å². The molecule has 0 saturated heterocycles. The minimum atomic E-state index is -2.52. The Morgan fingerprint density at radius 1 is 1.05 bits per heavy atom. The fraction of sp³-hybridized carbons (Fsp3) is 0.600. The van der Waals surface area contributed by atoms with Crippen molar-refractivity contribution < 1.29 is 13.3 Å². The Balaban J connectivity index is 0. The molecule has 0 amide bonds. The van der Waals surface area contributed by atoms with Crippen LogP contribution < -0.4 is 11.5 Å². The summed E-state index contributed by atoms with van der Waals surface area (Å²) in [6, 6.07) is 10.4. The van der Waals surface area contributed by atoms with Crippen molar-refractivity contribution in [2.75, 3.05) is 27.9 Å². The summed E-state index contributed by atoms with van der Waals surface area (Å²) in [5, 5.41) is 3.47. The van der Waals surface area contributed by atoms with Gasteiger partial charge in [-0.2, -0.15) is 0 Å². The van der Waals surface area contributed by atoms with Crippen molar-refractivity contribution >= 4 is 21.2 Å². The number of rotatable bonds is 10. The first-order valence-corrected chi connectivity index (χ1v) is 8.92. The molecule has 5 nitrogen and oxygen atoms in total. The van der Waals surface area contributed by atoms with Crippen molar-refractivity contribution in [2.24, 2.45) is 0 Å². The predicted octanol–water partition coefficient (Wildman–Crippen LogP) is 3.41. The first kappa shape index (κ1) is 23.8. The maximum atomic E-state index is 5.57. The van der Waals surface area contributed by atoms with Crippen LogP contribution in [0.25, 0.3) is 0 Å². The van der Waals surface area contributed by atoms with Crippen molar-refractivity contribution in [1.29, 1.82) is 0 Å². The van der Waals surface area contributed by atoms with Crippen LogP contribution in [0, 0.1) is 0 Å². The summed E-state index contributed by atoms with van der Waals surface area (Å²) in [6.07, 6.45) is 1.99. The second-order valence-electron chi connectivity index (χ2n) is 4.77. The topological polar surface area (TPSA) is 74.7 Å². The van der Waals surface area contributed by atoms with E-state index in [-0.39, 0.29) is 18.6 Å². The van der Waals surface area contributed by atoms with E-state index < -0.39 is 8.80 Å². The van der Waals surface area contributed by atoms with Gasteiger partial charge in [-0.25, -0.2) is 0 Å². The minimum absolute atomic E-state index is 0. The van der Waals surface area contributed by atoms with E-state index in [2.05, 4.69) is 36.5 Å². The first-order valence-electron chi connectivity index (χ1n) is 7.12. The lowest BCUT2D eigenvalue weighted by atomic mass is 10.2. The molecule has 0 saturated carbocycles. The fourth-order valence-corrected chi connectivity index (χ4v) is 4.98. The van der Waals surface area contributed by atoms with Crippen LogP contribution in [0.1, 0.15) is 25.3 Å². The van der Waals surface area contributed by atoms with Crippen LogP contribution in [0.3, 0.4) is 0 Å². The zero-order valence-corrected chi connectivity index (χ0v) is 15.9. The number of benzene rings is 1. The zero-order valence-electron chi connectivity index (χ0n) is 14.1. The lowest BCUT2D eigenvalue weighted by molar-refractivity contribution is 0.109. The highest BCUT2D eigenvalue weighted by Crippen LogP contribution is 2.30. The second-order valence-corrected chi connectivity index (χ2v) is 8.02. The van der Waals surface area contributed by atoms with Gasteiger partial charge in [-0.15, -0.1) is 12.4 Å². The molecule has 0 radical (unpaired) electrons. The summed E-state index contributed by atoms with van der Waals surface area (Å²) < 4.78 is 16.7. The van der Waals surface area contributed by atoms with E-state index in [1.165, 1.54) is 5.56 Å². The van der Waals surface area contributed by atoms with E-state index >= 15 is 0 Å². The Bertz CT molecular complexity index is 359. The number of nitrogens with one attached hydrogen (secondary N) is 1. The van der Waals surface area contributed by atoms with Gasteiger partial charge in [0.15, 0.2) is 0 Å². The third-order valence-electron chi connectivity index (χ3n) is 3.69. The zero-order chi connectivity index (χ0) is 14.8. The fourth-order valence-electron chi connectivity index (χ4n) is 2.49. The summed E-state index contributed by atoms with van der Waals surface area (Å²) in [6.45, 7) is 3.97. The molecule has 1 rings (SSSR count). The maximum Gasteiger partial charge on any atom is 0.503 e. The third kappa shape index (κ3) is 6.74. The first-order chi connectivity index (χ1) is 9.72. The van der Waals surface area contributed by atoms with Crippen molar-refractivity contribution in [3.8, 4) is 0 Å². The van der Waals surface area contributed by atoms with Crippen molar-refractivity contribution in [3.63, 3.8) is 0 Å². The molecule has 0 fully saturated rings. The van der Waals surface area contributed by atoms with Gasteiger partial charge in [-0.3, -0.25) is 0 Å². The van der Waals surface area contributed by atoms with Crippen LogP contribution in [0.15, 0.2) is 30.3 Å². The van der Waals surface area contributed by atoms with Crippen LogP contribution in [-0.4, -0.2) is 36.7 Å². The van der Waals surface area contributed by atoms with E-state index in [1.54, 1.807) is 21.3 Å². The molecule has 130 valence electrons. The number of hydrogen-bond donors (Lipinski definition) is 2. The summed E-state index contributed by atoms with van der Waals surface area (Å²) in [7, 11) is 2.52. The Morgan fingerprint density at radius 2 is 1.59 bits per heavy atom. The standard InChI is InChI=1S/C15H27NO3Si.ClH.H3N/c1-5-15(20(17-2,18-3)19-4)11-12-16-13-14-9-7-6-8-10-14;;/h6-10,15-16H,5,11-13H2,1-4H3;1H;1H3. The van der Waals surface area contributed by atoms with Gasteiger partial charge in [0, 0.05) is 33.4 Å². The van der Waals surface area contributed by atoms with E-state index in [0.717, 1.165) is 25.9 Å². The SMILES string of the molecule is CCC(CCNCc1ccccc1)[Si](OC)(OC)OC.Cl.N. The van der Waals surface area contributed by atoms with Crippen LogP contribution in [0.4, 0.5) is 0 Å².